The number of carbonyl (C=O) groups excluding carboxylic acids is 1. The van der Waals surface area contributed by atoms with E-state index in [0.717, 1.165) is 19.4 Å². The highest BCUT2D eigenvalue weighted by Crippen LogP contribution is 2.11. The van der Waals surface area contributed by atoms with Crippen LogP contribution in [0, 0.1) is 0 Å². The van der Waals surface area contributed by atoms with E-state index in [-0.39, 0.29) is 12.1 Å². The molecule has 0 aromatic rings. The van der Waals surface area contributed by atoms with Crippen LogP contribution in [0.5, 0.6) is 0 Å². The average Bonchev–Trinajstić information content (AvgIpc) is 2.88. The second-order valence-electron chi connectivity index (χ2n) is 4.97. The maximum atomic E-state index is 11.9. The minimum absolute atomic E-state index is 0.126. The second-order valence-corrected chi connectivity index (χ2v) is 6.95. The number of nitrogens with one attached hydrogen (secondary N) is 1. The SMILES string of the molecule is CS(=O)(=O)N1CCN(C(=O)NC[C@@H]2CCCO2)CC1. The van der Waals surface area contributed by atoms with Gasteiger partial charge in [-0.25, -0.2) is 13.2 Å². The van der Waals surface area contributed by atoms with Gasteiger partial charge < -0.3 is 15.0 Å². The van der Waals surface area contributed by atoms with Crippen LogP contribution in [0.1, 0.15) is 12.8 Å². The smallest absolute Gasteiger partial charge is 0.317 e. The first-order valence-corrected chi connectivity index (χ1v) is 8.41. The van der Waals surface area contributed by atoms with Crippen molar-refractivity contribution in [1.82, 2.24) is 14.5 Å². The zero-order chi connectivity index (χ0) is 13.9. The Hall–Kier alpha value is -0.860. The van der Waals surface area contributed by atoms with Crippen molar-refractivity contribution in [1.29, 1.82) is 0 Å². The van der Waals surface area contributed by atoms with E-state index in [1.165, 1.54) is 10.6 Å². The van der Waals surface area contributed by atoms with E-state index in [4.69, 9.17) is 4.74 Å². The van der Waals surface area contributed by atoms with E-state index in [2.05, 4.69) is 5.32 Å². The third kappa shape index (κ3) is 4.05. The Kier molecular flexibility index (Phi) is 4.64. The highest BCUT2D eigenvalue weighted by molar-refractivity contribution is 7.88. The lowest BCUT2D eigenvalue weighted by Crippen LogP contribution is -2.53. The van der Waals surface area contributed by atoms with Gasteiger partial charge in [0.1, 0.15) is 0 Å². The van der Waals surface area contributed by atoms with E-state index in [1.54, 1.807) is 4.90 Å². The first-order valence-electron chi connectivity index (χ1n) is 6.56. The van der Waals surface area contributed by atoms with Crippen LogP contribution in [0.3, 0.4) is 0 Å². The third-order valence-corrected chi connectivity index (χ3v) is 4.80. The molecule has 2 amide bonds. The normalized spacial score (nSPS) is 25.5. The fourth-order valence-corrected chi connectivity index (χ4v) is 3.17. The molecule has 0 aliphatic carbocycles. The van der Waals surface area contributed by atoms with Crippen LogP contribution in [-0.4, -0.2) is 75.3 Å². The summed E-state index contributed by atoms with van der Waals surface area (Å²) in [5.41, 5.74) is 0. The molecule has 2 fully saturated rings. The molecular formula is C11H21N3O4S. The van der Waals surface area contributed by atoms with Crippen molar-refractivity contribution in [3.63, 3.8) is 0 Å². The minimum atomic E-state index is -3.15. The lowest BCUT2D eigenvalue weighted by molar-refractivity contribution is 0.107. The van der Waals surface area contributed by atoms with E-state index in [1.807, 2.05) is 0 Å². The summed E-state index contributed by atoms with van der Waals surface area (Å²) in [5, 5.41) is 2.84. The molecule has 7 nitrogen and oxygen atoms in total. The molecule has 0 spiro atoms. The molecule has 2 aliphatic heterocycles. The molecule has 19 heavy (non-hydrogen) atoms. The van der Waals surface area contributed by atoms with Crippen LogP contribution in [0.25, 0.3) is 0 Å². The predicted molar refractivity (Wildman–Crippen MR) is 70.4 cm³/mol. The molecule has 110 valence electrons. The molecule has 0 aromatic heterocycles. The van der Waals surface area contributed by atoms with Crippen molar-refractivity contribution in [2.45, 2.75) is 18.9 Å². The number of rotatable bonds is 3. The topological polar surface area (TPSA) is 79.0 Å². The van der Waals surface area contributed by atoms with Crippen molar-refractivity contribution in [2.75, 3.05) is 45.6 Å². The van der Waals surface area contributed by atoms with Crippen LogP contribution in [0.4, 0.5) is 4.79 Å². The molecule has 1 atom stereocenters. The Balaban J connectivity index is 1.73. The summed E-state index contributed by atoms with van der Waals surface area (Å²) < 4.78 is 29.5. The number of urea groups is 1. The second kappa shape index (κ2) is 6.06. The Bertz CT molecular complexity index is 412. The molecule has 2 aliphatic rings. The number of hydrogen-bond donors (Lipinski definition) is 1. The predicted octanol–water partition coefficient (Wildman–Crippen LogP) is -0.548. The number of amides is 2. The fraction of sp³-hybridized carbons (Fsp3) is 0.909. The van der Waals surface area contributed by atoms with E-state index < -0.39 is 10.0 Å². The van der Waals surface area contributed by atoms with E-state index in [9.17, 15) is 13.2 Å². The molecule has 0 unspecified atom stereocenters. The minimum Gasteiger partial charge on any atom is -0.376 e. The molecule has 0 aromatic carbocycles. The summed E-state index contributed by atoms with van der Waals surface area (Å²) in [5.74, 6) is 0. The molecular weight excluding hydrogens is 270 g/mol. The zero-order valence-electron chi connectivity index (χ0n) is 11.2. The van der Waals surface area contributed by atoms with Gasteiger partial charge in [0.25, 0.3) is 0 Å². The van der Waals surface area contributed by atoms with Gasteiger partial charge >= 0.3 is 6.03 Å². The monoisotopic (exact) mass is 291 g/mol. The summed E-state index contributed by atoms with van der Waals surface area (Å²) in [7, 11) is -3.15. The van der Waals surface area contributed by atoms with E-state index in [0.29, 0.717) is 32.7 Å². The Morgan fingerprint density at radius 1 is 1.32 bits per heavy atom. The van der Waals surface area contributed by atoms with E-state index >= 15 is 0 Å². The van der Waals surface area contributed by atoms with Crippen LogP contribution in [0.15, 0.2) is 0 Å². The highest BCUT2D eigenvalue weighted by atomic mass is 32.2. The van der Waals surface area contributed by atoms with Crippen LogP contribution in [-0.2, 0) is 14.8 Å². The number of hydrogen-bond acceptors (Lipinski definition) is 4. The van der Waals surface area contributed by atoms with Gasteiger partial charge in [0.05, 0.1) is 12.4 Å². The lowest BCUT2D eigenvalue weighted by Gasteiger charge is -2.33. The quantitative estimate of drug-likeness (QED) is 0.757. The molecule has 0 radical (unpaired) electrons. The first kappa shape index (κ1) is 14.5. The number of sulfonamides is 1. The zero-order valence-corrected chi connectivity index (χ0v) is 12.0. The largest absolute Gasteiger partial charge is 0.376 e. The fourth-order valence-electron chi connectivity index (χ4n) is 2.34. The van der Waals surface area contributed by atoms with Gasteiger partial charge in [0.15, 0.2) is 0 Å². The Labute approximate surface area is 113 Å². The summed E-state index contributed by atoms with van der Waals surface area (Å²) in [6, 6.07) is -0.136. The molecule has 2 saturated heterocycles. The number of nitrogens with zero attached hydrogens (tertiary/aromatic N) is 2. The van der Waals surface area contributed by atoms with Gasteiger partial charge in [-0.2, -0.15) is 4.31 Å². The van der Waals surface area contributed by atoms with Gasteiger partial charge in [-0.1, -0.05) is 0 Å². The molecule has 2 rings (SSSR count). The number of piperazine rings is 1. The van der Waals surface area contributed by atoms with Crippen LogP contribution in [0.2, 0.25) is 0 Å². The van der Waals surface area contributed by atoms with Gasteiger partial charge in [-0.15, -0.1) is 0 Å². The van der Waals surface area contributed by atoms with Crippen molar-refractivity contribution >= 4 is 16.1 Å². The molecule has 0 bridgehead atoms. The van der Waals surface area contributed by atoms with Gasteiger partial charge in [-0.05, 0) is 12.8 Å². The van der Waals surface area contributed by atoms with Gasteiger partial charge in [-0.3, -0.25) is 0 Å². The maximum Gasteiger partial charge on any atom is 0.317 e. The van der Waals surface area contributed by atoms with Crippen LogP contribution >= 0.6 is 0 Å². The average molecular weight is 291 g/mol. The maximum absolute atomic E-state index is 11.9. The summed E-state index contributed by atoms with van der Waals surface area (Å²) >= 11 is 0. The van der Waals surface area contributed by atoms with Crippen LogP contribution < -0.4 is 5.32 Å². The molecule has 1 N–H and O–H groups in total. The van der Waals surface area contributed by atoms with Crippen molar-refractivity contribution < 1.29 is 17.9 Å². The Morgan fingerprint density at radius 2 is 2.00 bits per heavy atom. The van der Waals surface area contributed by atoms with Gasteiger partial charge in [0.2, 0.25) is 10.0 Å². The molecule has 2 heterocycles. The summed E-state index contributed by atoms with van der Waals surface area (Å²) in [4.78, 5) is 13.6. The van der Waals surface area contributed by atoms with Crippen molar-refractivity contribution in [3.05, 3.63) is 0 Å². The lowest BCUT2D eigenvalue weighted by atomic mass is 10.2. The number of carbonyl (C=O) groups is 1. The Morgan fingerprint density at radius 3 is 2.53 bits per heavy atom. The third-order valence-electron chi connectivity index (χ3n) is 3.50. The van der Waals surface area contributed by atoms with Crippen molar-refractivity contribution in [2.24, 2.45) is 0 Å². The summed E-state index contributed by atoms with van der Waals surface area (Å²) in [6.07, 6.45) is 3.36. The molecule has 0 saturated carbocycles. The highest BCUT2D eigenvalue weighted by Gasteiger charge is 2.26. The van der Waals surface area contributed by atoms with Crippen molar-refractivity contribution in [3.8, 4) is 0 Å². The number of ether oxygens (including phenoxy) is 1. The standard InChI is InChI=1S/C11H21N3O4S/c1-19(16,17)14-6-4-13(5-7-14)11(15)12-9-10-3-2-8-18-10/h10H,2-9H2,1H3,(H,12,15)/t10-/m0/s1. The first-order chi connectivity index (χ1) is 8.97. The molecule has 8 heteroatoms. The summed E-state index contributed by atoms with van der Waals surface area (Å²) in [6.45, 7) is 2.91. The van der Waals surface area contributed by atoms with Gasteiger partial charge in [0, 0.05) is 39.3 Å².